The van der Waals surface area contributed by atoms with E-state index in [2.05, 4.69) is 36.7 Å². The maximum atomic E-state index is 12.0. The number of nitrogens with one attached hydrogen (secondary N) is 1. The molecular formula is C13H13BrN6O2. The topological polar surface area (TPSA) is 90.8 Å². The number of carbonyl (C=O) groups excluding carboxylic acids is 1. The van der Waals surface area contributed by atoms with Gasteiger partial charge in [0.2, 0.25) is 0 Å². The van der Waals surface area contributed by atoms with Crippen LogP contribution in [0.5, 0.6) is 0 Å². The Hall–Kier alpha value is -2.42. The first-order valence-corrected chi connectivity index (χ1v) is 7.28. The minimum Gasteiger partial charge on any atom is -0.454 e. The van der Waals surface area contributed by atoms with Gasteiger partial charge < -0.3 is 4.42 Å². The molecule has 0 spiro atoms. The SMILES string of the molecule is Cc1nn(Cc2ccc(C(=O)Nn3cnnc3)o2)c(C)c1Br. The summed E-state index contributed by atoms with van der Waals surface area (Å²) in [6, 6.07) is 3.38. The lowest BCUT2D eigenvalue weighted by molar-refractivity contribution is 0.0979. The average molecular weight is 365 g/mol. The highest BCUT2D eigenvalue weighted by Crippen LogP contribution is 2.21. The van der Waals surface area contributed by atoms with Crippen molar-refractivity contribution >= 4 is 21.8 Å². The number of nitrogens with zero attached hydrogens (tertiary/aromatic N) is 5. The molecule has 0 unspecified atom stereocenters. The monoisotopic (exact) mass is 364 g/mol. The molecular weight excluding hydrogens is 352 g/mol. The van der Waals surface area contributed by atoms with Crippen molar-refractivity contribution < 1.29 is 9.21 Å². The van der Waals surface area contributed by atoms with E-state index >= 15 is 0 Å². The Morgan fingerprint density at radius 2 is 2.05 bits per heavy atom. The molecule has 3 aromatic rings. The van der Waals surface area contributed by atoms with Crippen LogP contribution in [0.1, 0.15) is 27.7 Å². The van der Waals surface area contributed by atoms with E-state index in [0.29, 0.717) is 12.3 Å². The molecule has 3 aromatic heterocycles. The van der Waals surface area contributed by atoms with Crippen molar-refractivity contribution in [2.75, 3.05) is 5.43 Å². The zero-order chi connectivity index (χ0) is 15.7. The Balaban J connectivity index is 1.73. The molecule has 0 aliphatic carbocycles. The van der Waals surface area contributed by atoms with Crippen molar-refractivity contribution in [1.29, 1.82) is 0 Å². The fourth-order valence-electron chi connectivity index (χ4n) is 1.99. The van der Waals surface area contributed by atoms with Crippen LogP contribution < -0.4 is 5.43 Å². The number of aromatic nitrogens is 5. The molecule has 8 nitrogen and oxygen atoms in total. The van der Waals surface area contributed by atoms with E-state index in [9.17, 15) is 4.79 Å². The van der Waals surface area contributed by atoms with Gasteiger partial charge in [0.25, 0.3) is 0 Å². The van der Waals surface area contributed by atoms with Crippen molar-refractivity contribution in [2.24, 2.45) is 0 Å². The summed E-state index contributed by atoms with van der Waals surface area (Å²) in [5, 5.41) is 11.6. The summed E-state index contributed by atoms with van der Waals surface area (Å²) in [6.45, 7) is 4.35. The fraction of sp³-hybridized carbons (Fsp3) is 0.231. The molecule has 0 radical (unpaired) electrons. The highest BCUT2D eigenvalue weighted by Gasteiger charge is 2.14. The van der Waals surface area contributed by atoms with Gasteiger partial charge in [0.1, 0.15) is 18.4 Å². The molecule has 0 aliphatic rings. The molecule has 3 heterocycles. The normalized spacial score (nSPS) is 10.9. The number of hydrogen-bond acceptors (Lipinski definition) is 5. The van der Waals surface area contributed by atoms with E-state index in [1.807, 2.05) is 18.5 Å². The van der Waals surface area contributed by atoms with Crippen molar-refractivity contribution in [3.8, 4) is 0 Å². The van der Waals surface area contributed by atoms with Gasteiger partial charge in [-0.05, 0) is 41.9 Å². The number of halogens is 1. The molecule has 0 saturated carbocycles. The second-order valence-corrected chi connectivity index (χ2v) is 5.51. The van der Waals surface area contributed by atoms with Gasteiger partial charge in [-0.2, -0.15) is 5.10 Å². The van der Waals surface area contributed by atoms with Crippen molar-refractivity contribution in [1.82, 2.24) is 24.7 Å². The maximum Gasteiger partial charge on any atom is 0.305 e. The maximum absolute atomic E-state index is 12.0. The van der Waals surface area contributed by atoms with Gasteiger partial charge >= 0.3 is 5.91 Å². The Kier molecular flexibility index (Phi) is 3.80. The predicted octanol–water partition coefficient (Wildman–Crippen LogP) is 1.88. The van der Waals surface area contributed by atoms with Gasteiger partial charge in [-0.3, -0.25) is 14.9 Å². The molecule has 1 N–H and O–H groups in total. The second-order valence-electron chi connectivity index (χ2n) is 4.72. The number of rotatable bonds is 4. The minimum atomic E-state index is -0.374. The highest BCUT2D eigenvalue weighted by atomic mass is 79.9. The summed E-state index contributed by atoms with van der Waals surface area (Å²) in [7, 11) is 0. The molecule has 1 amide bonds. The van der Waals surface area contributed by atoms with Crippen LogP contribution in [0, 0.1) is 13.8 Å². The summed E-state index contributed by atoms with van der Waals surface area (Å²) >= 11 is 3.48. The van der Waals surface area contributed by atoms with E-state index in [4.69, 9.17) is 4.42 Å². The first kappa shape index (κ1) is 14.5. The molecule has 9 heteroatoms. The van der Waals surface area contributed by atoms with Crippen LogP contribution >= 0.6 is 15.9 Å². The zero-order valence-electron chi connectivity index (χ0n) is 11.9. The Bertz CT molecular complexity index is 805. The van der Waals surface area contributed by atoms with Crippen LogP contribution in [0.4, 0.5) is 0 Å². The highest BCUT2D eigenvalue weighted by molar-refractivity contribution is 9.10. The van der Waals surface area contributed by atoms with E-state index < -0.39 is 0 Å². The molecule has 3 rings (SSSR count). The largest absolute Gasteiger partial charge is 0.454 e. The lowest BCUT2D eigenvalue weighted by Crippen LogP contribution is -2.20. The number of aryl methyl sites for hydroxylation is 1. The molecule has 0 aliphatic heterocycles. The quantitative estimate of drug-likeness (QED) is 0.762. The molecule has 0 atom stereocenters. The summed E-state index contributed by atoms with van der Waals surface area (Å²) in [5.74, 6) is 0.483. The third-order valence-electron chi connectivity index (χ3n) is 3.13. The Labute approximate surface area is 134 Å². The first-order chi connectivity index (χ1) is 10.5. The summed E-state index contributed by atoms with van der Waals surface area (Å²) in [5.41, 5.74) is 4.48. The molecule has 0 aromatic carbocycles. The van der Waals surface area contributed by atoms with Crippen LogP contribution in [0.2, 0.25) is 0 Å². The van der Waals surface area contributed by atoms with E-state index in [-0.39, 0.29) is 11.7 Å². The fourth-order valence-corrected chi connectivity index (χ4v) is 2.28. The van der Waals surface area contributed by atoms with Gasteiger partial charge in [0.15, 0.2) is 5.76 Å². The zero-order valence-corrected chi connectivity index (χ0v) is 13.5. The number of carbonyl (C=O) groups is 1. The Morgan fingerprint density at radius 1 is 1.32 bits per heavy atom. The van der Waals surface area contributed by atoms with E-state index in [0.717, 1.165) is 15.9 Å². The Morgan fingerprint density at radius 3 is 2.68 bits per heavy atom. The molecule has 0 saturated heterocycles. The van der Waals surface area contributed by atoms with Crippen LogP contribution in [0.25, 0.3) is 0 Å². The minimum absolute atomic E-state index is 0.212. The molecule has 22 heavy (non-hydrogen) atoms. The van der Waals surface area contributed by atoms with Crippen LogP contribution in [-0.4, -0.2) is 30.6 Å². The number of amides is 1. The van der Waals surface area contributed by atoms with Gasteiger partial charge in [0.05, 0.1) is 22.4 Å². The van der Waals surface area contributed by atoms with Gasteiger partial charge in [-0.25, -0.2) is 4.68 Å². The first-order valence-electron chi connectivity index (χ1n) is 6.49. The third kappa shape index (κ3) is 2.80. The van der Waals surface area contributed by atoms with Crippen LogP contribution in [0.3, 0.4) is 0 Å². The lowest BCUT2D eigenvalue weighted by Gasteiger charge is -2.03. The van der Waals surface area contributed by atoms with Crippen molar-refractivity contribution in [2.45, 2.75) is 20.4 Å². The smallest absolute Gasteiger partial charge is 0.305 e. The second kappa shape index (κ2) is 5.76. The van der Waals surface area contributed by atoms with Crippen molar-refractivity contribution in [3.63, 3.8) is 0 Å². The molecule has 0 fully saturated rings. The third-order valence-corrected chi connectivity index (χ3v) is 4.28. The van der Waals surface area contributed by atoms with Crippen LogP contribution in [0.15, 0.2) is 33.7 Å². The lowest BCUT2D eigenvalue weighted by atomic mass is 10.4. The predicted molar refractivity (Wildman–Crippen MR) is 80.9 cm³/mol. The molecule has 114 valence electrons. The average Bonchev–Trinajstić information content (AvgIpc) is 3.20. The van der Waals surface area contributed by atoms with Gasteiger partial charge in [-0.15, -0.1) is 10.2 Å². The molecule has 0 bridgehead atoms. The summed E-state index contributed by atoms with van der Waals surface area (Å²) in [6.07, 6.45) is 2.77. The van der Waals surface area contributed by atoms with E-state index in [1.165, 1.54) is 17.3 Å². The van der Waals surface area contributed by atoms with E-state index in [1.54, 1.807) is 12.1 Å². The van der Waals surface area contributed by atoms with Gasteiger partial charge in [-0.1, -0.05) is 0 Å². The summed E-state index contributed by atoms with van der Waals surface area (Å²) in [4.78, 5) is 12.0. The van der Waals surface area contributed by atoms with Gasteiger partial charge in [0, 0.05) is 0 Å². The summed E-state index contributed by atoms with van der Waals surface area (Å²) < 4.78 is 9.71. The number of hydrogen-bond donors (Lipinski definition) is 1. The number of furan rings is 1. The standard InChI is InChI=1S/C13H13BrN6O2/c1-8-12(14)9(2)20(17-8)5-10-3-4-11(22-10)13(21)18-19-6-15-16-7-19/h3-4,6-7H,5H2,1-2H3,(H,18,21). The van der Waals surface area contributed by atoms with Crippen molar-refractivity contribution in [3.05, 3.63) is 52.2 Å². The van der Waals surface area contributed by atoms with Crippen LogP contribution in [-0.2, 0) is 6.54 Å².